The van der Waals surface area contributed by atoms with Gasteiger partial charge in [-0.15, -0.1) is 0 Å². The molecule has 0 spiro atoms. The third-order valence-electron chi connectivity index (χ3n) is 3.63. The van der Waals surface area contributed by atoms with E-state index in [4.69, 9.17) is 22.2 Å². The van der Waals surface area contributed by atoms with Crippen molar-refractivity contribution in [1.29, 1.82) is 0 Å². The first kappa shape index (κ1) is 16.8. The molecule has 3 aromatic rings. The van der Waals surface area contributed by atoms with Gasteiger partial charge in [0.2, 0.25) is 0 Å². The summed E-state index contributed by atoms with van der Waals surface area (Å²) >= 11 is 5.80. The predicted molar refractivity (Wildman–Crippen MR) is 93.7 cm³/mol. The number of nitrogens with two attached hydrogens (primary N) is 1. The van der Waals surface area contributed by atoms with Gasteiger partial charge in [-0.25, -0.2) is 10.6 Å². The number of hydrogen-bond donors (Lipinski definition) is 3. The van der Waals surface area contributed by atoms with Crippen LogP contribution in [0.25, 0.3) is 10.8 Å². The monoisotopic (exact) mass is 356 g/mol. The highest BCUT2D eigenvalue weighted by Gasteiger charge is 2.19. The average Bonchev–Trinajstić information content (AvgIpc) is 2.63. The third-order valence-corrected chi connectivity index (χ3v) is 3.94. The molecule has 0 fully saturated rings. The fraction of sp³-hybridized carbons (Fsp3) is 0. The van der Waals surface area contributed by atoms with Crippen molar-refractivity contribution in [2.75, 3.05) is 0 Å². The molecular weight excluding hydrogens is 344 g/mol. The number of phenols is 1. The minimum Gasteiger partial charge on any atom is -0.506 e. The van der Waals surface area contributed by atoms with Crippen LogP contribution in [-0.2, 0) is 0 Å². The number of halogens is 1. The smallest absolute Gasteiger partial charge is 0.343 e. The van der Waals surface area contributed by atoms with Crippen molar-refractivity contribution in [1.82, 2.24) is 5.43 Å². The highest BCUT2D eigenvalue weighted by atomic mass is 35.5. The lowest BCUT2D eigenvalue weighted by Gasteiger charge is -2.12. The number of nitrogens with one attached hydrogen (secondary N) is 1. The standard InChI is InChI=1S/C18H13ClN2O4/c19-13-9-11(5-7-14(13)22)18(24)25-15-8-6-10-3-1-2-4-12(10)16(15)17(23)21-20/h1-9,22H,20H2,(H,21,23). The Hall–Kier alpha value is -3.09. The predicted octanol–water partition coefficient (Wildman–Crippen LogP) is 3.02. The van der Waals surface area contributed by atoms with Gasteiger partial charge < -0.3 is 9.84 Å². The van der Waals surface area contributed by atoms with Gasteiger partial charge in [0.05, 0.1) is 16.1 Å². The number of amides is 1. The average molecular weight is 357 g/mol. The van der Waals surface area contributed by atoms with Crippen molar-refractivity contribution >= 4 is 34.2 Å². The second-order valence-electron chi connectivity index (χ2n) is 5.19. The SMILES string of the molecule is NNC(=O)c1c(OC(=O)c2ccc(O)c(Cl)c2)ccc2ccccc12. The topological polar surface area (TPSA) is 102 Å². The molecule has 0 heterocycles. The molecular formula is C18H13ClN2O4. The minimum absolute atomic E-state index is 0.0212. The molecule has 3 aromatic carbocycles. The Morgan fingerprint density at radius 1 is 1.08 bits per heavy atom. The molecule has 0 saturated carbocycles. The molecule has 0 unspecified atom stereocenters. The van der Waals surface area contributed by atoms with Gasteiger partial charge in [-0.05, 0) is 35.0 Å². The second-order valence-corrected chi connectivity index (χ2v) is 5.60. The Morgan fingerprint density at radius 3 is 2.56 bits per heavy atom. The maximum absolute atomic E-state index is 12.4. The molecule has 0 aliphatic heterocycles. The number of aromatic hydroxyl groups is 1. The van der Waals surface area contributed by atoms with Gasteiger partial charge in [0.15, 0.2) is 0 Å². The maximum atomic E-state index is 12.4. The minimum atomic E-state index is -0.719. The van der Waals surface area contributed by atoms with Crippen molar-refractivity contribution in [3.63, 3.8) is 0 Å². The molecule has 3 rings (SSSR count). The molecule has 0 aliphatic carbocycles. The van der Waals surface area contributed by atoms with Crippen LogP contribution >= 0.6 is 11.6 Å². The zero-order chi connectivity index (χ0) is 18.0. The van der Waals surface area contributed by atoms with Crippen molar-refractivity contribution in [3.05, 3.63) is 70.7 Å². The number of carbonyl (C=O) groups is 2. The van der Waals surface area contributed by atoms with Gasteiger partial charge in [-0.3, -0.25) is 10.2 Å². The molecule has 126 valence electrons. The molecule has 25 heavy (non-hydrogen) atoms. The van der Waals surface area contributed by atoms with Crippen LogP contribution in [0, 0.1) is 0 Å². The summed E-state index contributed by atoms with van der Waals surface area (Å²) in [6, 6.07) is 14.3. The van der Waals surface area contributed by atoms with Crippen LogP contribution in [0.15, 0.2) is 54.6 Å². The number of ether oxygens (including phenoxy) is 1. The van der Waals surface area contributed by atoms with Gasteiger partial charge in [0.25, 0.3) is 5.91 Å². The Morgan fingerprint density at radius 2 is 1.84 bits per heavy atom. The lowest BCUT2D eigenvalue weighted by molar-refractivity contribution is 0.0732. The van der Waals surface area contributed by atoms with E-state index in [1.165, 1.54) is 24.3 Å². The van der Waals surface area contributed by atoms with Crippen molar-refractivity contribution in [2.24, 2.45) is 5.84 Å². The van der Waals surface area contributed by atoms with Gasteiger partial charge in [-0.1, -0.05) is 41.9 Å². The molecule has 7 heteroatoms. The van der Waals surface area contributed by atoms with Crippen LogP contribution in [-0.4, -0.2) is 17.0 Å². The van der Waals surface area contributed by atoms with Crippen LogP contribution in [0.3, 0.4) is 0 Å². The number of nitrogen functional groups attached to an aromatic ring is 1. The third kappa shape index (κ3) is 3.26. The second kappa shape index (κ2) is 6.80. The van der Waals surface area contributed by atoms with Crippen molar-refractivity contribution in [2.45, 2.75) is 0 Å². The largest absolute Gasteiger partial charge is 0.506 e. The summed E-state index contributed by atoms with van der Waals surface area (Å²) in [5.74, 6) is 3.88. The molecule has 0 saturated heterocycles. The van der Waals surface area contributed by atoms with E-state index < -0.39 is 11.9 Å². The highest BCUT2D eigenvalue weighted by Crippen LogP contribution is 2.29. The Labute approximate surface area is 147 Å². The first-order valence-electron chi connectivity index (χ1n) is 7.24. The van der Waals surface area contributed by atoms with E-state index in [1.54, 1.807) is 18.2 Å². The Bertz CT molecular complexity index is 988. The summed E-state index contributed by atoms with van der Waals surface area (Å²) < 4.78 is 5.36. The first-order valence-corrected chi connectivity index (χ1v) is 7.62. The van der Waals surface area contributed by atoms with Crippen molar-refractivity contribution < 1.29 is 19.4 Å². The summed E-state index contributed by atoms with van der Waals surface area (Å²) in [5, 5.41) is 10.8. The van der Waals surface area contributed by atoms with E-state index in [1.807, 2.05) is 12.1 Å². The summed E-state index contributed by atoms with van der Waals surface area (Å²) in [5.41, 5.74) is 2.35. The van der Waals surface area contributed by atoms with Gasteiger partial charge in [0.1, 0.15) is 11.5 Å². The number of phenolic OH excluding ortho intramolecular Hbond substituents is 1. The van der Waals surface area contributed by atoms with Gasteiger partial charge in [0, 0.05) is 0 Å². The fourth-order valence-corrected chi connectivity index (χ4v) is 2.62. The summed E-state index contributed by atoms with van der Waals surface area (Å²) in [7, 11) is 0. The summed E-state index contributed by atoms with van der Waals surface area (Å²) in [4.78, 5) is 24.5. The summed E-state index contributed by atoms with van der Waals surface area (Å²) in [6.45, 7) is 0. The zero-order valence-corrected chi connectivity index (χ0v) is 13.6. The van der Waals surface area contributed by atoms with Gasteiger partial charge in [-0.2, -0.15) is 0 Å². The Balaban J connectivity index is 2.04. The van der Waals surface area contributed by atoms with Crippen LogP contribution in [0.1, 0.15) is 20.7 Å². The first-order chi connectivity index (χ1) is 12.0. The molecule has 0 atom stereocenters. The zero-order valence-electron chi connectivity index (χ0n) is 12.8. The lowest BCUT2D eigenvalue weighted by Crippen LogP contribution is -2.30. The van der Waals surface area contributed by atoms with E-state index in [0.29, 0.717) is 5.39 Å². The van der Waals surface area contributed by atoms with Crippen LogP contribution in [0.2, 0.25) is 5.02 Å². The van der Waals surface area contributed by atoms with E-state index in [-0.39, 0.29) is 27.6 Å². The maximum Gasteiger partial charge on any atom is 0.343 e. The Kier molecular flexibility index (Phi) is 4.56. The number of esters is 1. The van der Waals surface area contributed by atoms with Gasteiger partial charge >= 0.3 is 5.97 Å². The molecule has 1 amide bonds. The highest BCUT2D eigenvalue weighted by molar-refractivity contribution is 6.32. The summed E-state index contributed by atoms with van der Waals surface area (Å²) in [6.07, 6.45) is 0. The van der Waals surface area contributed by atoms with E-state index in [9.17, 15) is 14.7 Å². The lowest BCUT2D eigenvalue weighted by atomic mass is 10.0. The molecule has 0 aliphatic rings. The number of fused-ring (bicyclic) bond motifs is 1. The number of carbonyl (C=O) groups excluding carboxylic acids is 2. The number of hydrogen-bond acceptors (Lipinski definition) is 5. The normalized spacial score (nSPS) is 10.5. The number of rotatable bonds is 3. The van der Waals surface area contributed by atoms with Crippen LogP contribution < -0.4 is 16.0 Å². The van der Waals surface area contributed by atoms with Crippen LogP contribution in [0.4, 0.5) is 0 Å². The van der Waals surface area contributed by atoms with E-state index >= 15 is 0 Å². The van der Waals surface area contributed by atoms with Crippen molar-refractivity contribution in [3.8, 4) is 11.5 Å². The quantitative estimate of drug-likeness (QED) is 0.220. The molecule has 4 N–H and O–H groups in total. The molecule has 0 bridgehead atoms. The molecule has 0 radical (unpaired) electrons. The van der Waals surface area contributed by atoms with Crippen LogP contribution in [0.5, 0.6) is 11.5 Å². The molecule has 6 nitrogen and oxygen atoms in total. The fourth-order valence-electron chi connectivity index (χ4n) is 2.44. The number of hydrazine groups is 1. The van der Waals surface area contributed by atoms with E-state index in [0.717, 1.165) is 5.39 Å². The number of benzene rings is 3. The molecule has 0 aromatic heterocycles. The van der Waals surface area contributed by atoms with E-state index in [2.05, 4.69) is 5.43 Å².